The van der Waals surface area contributed by atoms with Crippen LogP contribution in [0.15, 0.2) is 36.9 Å². The summed E-state index contributed by atoms with van der Waals surface area (Å²) >= 11 is 0. The minimum absolute atomic E-state index is 0.279. The minimum atomic E-state index is -3.55. The van der Waals surface area contributed by atoms with Crippen LogP contribution in [0.5, 0.6) is 5.75 Å². The van der Waals surface area contributed by atoms with E-state index >= 15 is 0 Å². The van der Waals surface area contributed by atoms with E-state index in [1.807, 2.05) is 0 Å². The zero-order chi connectivity index (χ0) is 15.2. The molecule has 7 heteroatoms. The molecule has 0 bridgehead atoms. The van der Waals surface area contributed by atoms with E-state index in [-0.39, 0.29) is 6.54 Å². The maximum Gasteiger partial charge on any atom is 0.241 e. The lowest BCUT2D eigenvalue weighted by Crippen LogP contribution is -2.40. The lowest BCUT2D eigenvalue weighted by molar-refractivity contribution is -0.119. The fourth-order valence-corrected chi connectivity index (χ4v) is 2.38. The number of carbonyl (C=O) groups is 1. The Balaban J connectivity index is 2.94. The van der Waals surface area contributed by atoms with Crippen LogP contribution in [0.1, 0.15) is 0 Å². The Morgan fingerprint density at radius 3 is 2.45 bits per heavy atom. The van der Waals surface area contributed by atoms with Crippen LogP contribution in [-0.4, -0.2) is 40.8 Å². The van der Waals surface area contributed by atoms with Crippen molar-refractivity contribution in [3.63, 3.8) is 0 Å². The first-order valence-corrected chi connectivity index (χ1v) is 7.72. The van der Waals surface area contributed by atoms with Gasteiger partial charge in [-0.2, -0.15) is 0 Å². The molecule has 1 N–H and O–H groups in total. The summed E-state index contributed by atoms with van der Waals surface area (Å²) in [4.78, 5) is 11.7. The maximum atomic E-state index is 11.8. The number of benzene rings is 1. The van der Waals surface area contributed by atoms with Crippen molar-refractivity contribution in [1.29, 1.82) is 0 Å². The van der Waals surface area contributed by atoms with Gasteiger partial charge in [-0.1, -0.05) is 6.08 Å². The van der Waals surface area contributed by atoms with Crippen molar-refractivity contribution < 1.29 is 17.9 Å². The van der Waals surface area contributed by atoms with E-state index in [1.165, 1.54) is 13.2 Å². The summed E-state index contributed by atoms with van der Waals surface area (Å²) in [5, 5.41) is 2.54. The summed E-state index contributed by atoms with van der Waals surface area (Å²) in [6.07, 6.45) is 2.58. The molecule has 0 radical (unpaired) electrons. The lowest BCUT2D eigenvalue weighted by Gasteiger charge is -2.21. The van der Waals surface area contributed by atoms with Crippen LogP contribution in [0.2, 0.25) is 0 Å². The Bertz CT molecular complexity index is 567. The number of rotatable bonds is 7. The highest BCUT2D eigenvalue weighted by atomic mass is 32.2. The highest BCUT2D eigenvalue weighted by molar-refractivity contribution is 7.92. The molecule has 0 aromatic heterocycles. The molecule has 1 amide bonds. The molecule has 0 atom stereocenters. The van der Waals surface area contributed by atoms with Gasteiger partial charge in [0, 0.05) is 6.54 Å². The quantitative estimate of drug-likeness (QED) is 0.754. The molecule has 0 heterocycles. The average Bonchev–Trinajstić information content (AvgIpc) is 2.41. The van der Waals surface area contributed by atoms with E-state index in [0.717, 1.165) is 10.6 Å². The summed E-state index contributed by atoms with van der Waals surface area (Å²) in [6, 6.07) is 6.44. The molecule has 1 rings (SSSR count). The third-order valence-corrected chi connectivity index (χ3v) is 3.63. The Hall–Kier alpha value is -2.02. The number of anilines is 1. The zero-order valence-corrected chi connectivity index (χ0v) is 12.3. The predicted octanol–water partition coefficient (Wildman–Crippen LogP) is 0.763. The van der Waals surface area contributed by atoms with E-state index in [1.54, 1.807) is 24.3 Å². The molecule has 0 unspecified atom stereocenters. The van der Waals surface area contributed by atoms with Gasteiger partial charge in [-0.3, -0.25) is 9.10 Å². The van der Waals surface area contributed by atoms with Gasteiger partial charge in [0.15, 0.2) is 0 Å². The van der Waals surface area contributed by atoms with Crippen molar-refractivity contribution in [2.24, 2.45) is 0 Å². The second kappa shape index (κ2) is 6.95. The lowest BCUT2D eigenvalue weighted by atomic mass is 10.3. The number of nitrogens with one attached hydrogen (secondary N) is 1. The molecular formula is C13H18N2O4S. The van der Waals surface area contributed by atoms with Gasteiger partial charge in [-0.25, -0.2) is 8.42 Å². The smallest absolute Gasteiger partial charge is 0.241 e. The number of amides is 1. The number of nitrogens with zero attached hydrogens (tertiary/aromatic N) is 1. The number of ether oxygens (including phenoxy) is 1. The molecule has 110 valence electrons. The van der Waals surface area contributed by atoms with Gasteiger partial charge in [0.2, 0.25) is 15.9 Å². The first-order valence-electron chi connectivity index (χ1n) is 5.88. The van der Waals surface area contributed by atoms with Crippen molar-refractivity contribution in [1.82, 2.24) is 5.32 Å². The summed E-state index contributed by atoms with van der Waals surface area (Å²) in [6.45, 7) is 3.49. The molecule has 20 heavy (non-hydrogen) atoms. The zero-order valence-electron chi connectivity index (χ0n) is 11.5. The fraction of sp³-hybridized carbons (Fsp3) is 0.308. The first kappa shape index (κ1) is 16.0. The predicted molar refractivity (Wildman–Crippen MR) is 78.4 cm³/mol. The number of hydrogen-bond donors (Lipinski definition) is 1. The molecular weight excluding hydrogens is 280 g/mol. The molecule has 0 spiro atoms. The Labute approximate surface area is 119 Å². The van der Waals surface area contributed by atoms with Gasteiger partial charge in [0.05, 0.1) is 19.1 Å². The van der Waals surface area contributed by atoms with Crippen LogP contribution < -0.4 is 14.4 Å². The molecule has 0 aliphatic rings. The molecule has 0 aliphatic carbocycles. The van der Waals surface area contributed by atoms with Crippen molar-refractivity contribution in [2.75, 3.05) is 30.8 Å². The minimum Gasteiger partial charge on any atom is -0.497 e. The van der Waals surface area contributed by atoms with E-state index in [9.17, 15) is 13.2 Å². The Morgan fingerprint density at radius 1 is 1.40 bits per heavy atom. The highest BCUT2D eigenvalue weighted by Crippen LogP contribution is 2.21. The van der Waals surface area contributed by atoms with Crippen molar-refractivity contribution in [3.05, 3.63) is 36.9 Å². The second-order valence-electron chi connectivity index (χ2n) is 4.06. The van der Waals surface area contributed by atoms with Gasteiger partial charge in [-0.05, 0) is 24.3 Å². The van der Waals surface area contributed by atoms with Crippen molar-refractivity contribution in [3.8, 4) is 5.75 Å². The largest absolute Gasteiger partial charge is 0.497 e. The molecule has 0 saturated carbocycles. The van der Waals surface area contributed by atoms with Gasteiger partial charge in [-0.15, -0.1) is 6.58 Å². The SMILES string of the molecule is C=CCNC(=O)CN(c1ccc(OC)cc1)S(C)(=O)=O. The van der Waals surface area contributed by atoms with Crippen LogP contribution >= 0.6 is 0 Å². The third-order valence-electron chi connectivity index (χ3n) is 2.49. The fourth-order valence-electron chi connectivity index (χ4n) is 1.52. The Morgan fingerprint density at radius 2 is 2.00 bits per heavy atom. The van der Waals surface area contributed by atoms with E-state index in [2.05, 4.69) is 11.9 Å². The third kappa shape index (κ3) is 4.58. The topological polar surface area (TPSA) is 75.7 Å². The summed E-state index contributed by atoms with van der Waals surface area (Å²) in [5.41, 5.74) is 0.405. The normalized spacial score (nSPS) is 10.7. The van der Waals surface area contributed by atoms with Crippen LogP contribution in [0.3, 0.4) is 0 Å². The van der Waals surface area contributed by atoms with Crippen LogP contribution in [-0.2, 0) is 14.8 Å². The number of carbonyl (C=O) groups excluding carboxylic acids is 1. The van der Waals surface area contributed by atoms with Crippen molar-refractivity contribution in [2.45, 2.75) is 0 Å². The molecule has 0 aliphatic heterocycles. The van der Waals surface area contributed by atoms with Crippen LogP contribution in [0.25, 0.3) is 0 Å². The standard InChI is InChI=1S/C13H18N2O4S/c1-4-9-14-13(16)10-15(20(3,17)18)11-5-7-12(19-2)8-6-11/h4-8H,1,9-10H2,2-3H3,(H,14,16). The molecule has 1 aromatic carbocycles. The van der Waals surface area contributed by atoms with E-state index in [0.29, 0.717) is 18.0 Å². The van der Waals surface area contributed by atoms with Crippen LogP contribution in [0.4, 0.5) is 5.69 Å². The number of methoxy groups -OCH3 is 1. The van der Waals surface area contributed by atoms with Gasteiger partial charge in [0.25, 0.3) is 0 Å². The second-order valence-corrected chi connectivity index (χ2v) is 5.97. The Kier molecular flexibility index (Phi) is 5.57. The van der Waals surface area contributed by atoms with E-state index < -0.39 is 15.9 Å². The summed E-state index contributed by atoms with van der Waals surface area (Å²) in [7, 11) is -2.03. The van der Waals surface area contributed by atoms with Crippen molar-refractivity contribution >= 4 is 21.6 Å². The van der Waals surface area contributed by atoms with Gasteiger partial charge < -0.3 is 10.1 Å². The molecule has 0 fully saturated rings. The summed E-state index contributed by atoms with van der Waals surface area (Å²) in [5.74, 6) is 0.212. The van der Waals surface area contributed by atoms with Crippen LogP contribution in [0, 0.1) is 0 Å². The highest BCUT2D eigenvalue weighted by Gasteiger charge is 2.20. The van der Waals surface area contributed by atoms with Gasteiger partial charge >= 0.3 is 0 Å². The molecule has 0 saturated heterocycles. The monoisotopic (exact) mass is 298 g/mol. The molecule has 1 aromatic rings. The number of sulfonamides is 1. The number of hydrogen-bond acceptors (Lipinski definition) is 4. The van der Waals surface area contributed by atoms with E-state index in [4.69, 9.17) is 4.74 Å². The average molecular weight is 298 g/mol. The maximum absolute atomic E-state index is 11.8. The van der Waals surface area contributed by atoms with Gasteiger partial charge in [0.1, 0.15) is 12.3 Å². The first-order chi connectivity index (χ1) is 9.38. The molecule has 6 nitrogen and oxygen atoms in total. The summed E-state index contributed by atoms with van der Waals surface area (Å²) < 4.78 is 29.6.